The Hall–Kier alpha value is -3.79. The molecule has 1 heterocycles. The lowest BCUT2D eigenvalue weighted by Gasteiger charge is -2.08. The monoisotopic (exact) mass is 412 g/mol. The van der Waals surface area contributed by atoms with Crippen LogP contribution in [0.25, 0.3) is 0 Å². The van der Waals surface area contributed by atoms with Crippen molar-refractivity contribution in [1.82, 2.24) is 15.8 Å². The summed E-state index contributed by atoms with van der Waals surface area (Å²) < 4.78 is 5.62. The van der Waals surface area contributed by atoms with Gasteiger partial charge in [0.05, 0.1) is 15.6 Å². The maximum absolute atomic E-state index is 12.2. The number of nitrogens with one attached hydrogen (secondary N) is 2. The molecule has 29 heavy (non-hydrogen) atoms. The quantitative estimate of drug-likeness (QED) is 0.474. The third-order valence-electron chi connectivity index (χ3n) is 3.80. The first-order valence-corrected chi connectivity index (χ1v) is 9.29. The van der Waals surface area contributed by atoms with Gasteiger partial charge in [-0.3, -0.25) is 30.6 Å². The van der Waals surface area contributed by atoms with E-state index < -0.39 is 16.7 Å². The molecule has 0 atom stereocenters. The van der Waals surface area contributed by atoms with E-state index >= 15 is 0 Å². The number of nitro benzene ring substituents is 1. The Bertz CT molecular complexity index is 1030. The van der Waals surface area contributed by atoms with Crippen molar-refractivity contribution < 1.29 is 19.2 Å². The fourth-order valence-corrected chi connectivity index (χ4v) is 2.92. The van der Waals surface area contributed by atoms with Crippen LogP contribution in [0.15, 0.2) is 53.9 Å². The second-order valence-electron chi connectivity index (χ2n) is 5.88. The number of ether oxygens (including phenoxy) is 1. The molecule has 0 aliphatic carbocycles. The average Bonchev–Trinajstić information content (AvgIpc) is 3.15. The van der Waals surface area contributed by atoms with Gasteiger partial charge < -0.3 is 4.74 Å². The molecule has 2 N–H and O–H groups in total. The molecule has 1 aromatic heterocycles. The number of amides is 2. The molecular weight excluding hydrogens is 396 g/mol. The molecule has 9 nitrogen and oxygen atoms in total. The van der Waals surface area contributed by atoms with Crippen LogP contribution in [0.5, 0.6) is 5.75 Å². The molecule has 0 bridgehead atoms. The van der Waals surface area contributed by atoms with E-state index in [2.05, 4.69) is 15.8 Å². The lowest BCUT2D eigenvalue weighted by Crippen LogP contribution is -2.41. The molecule has 0 saturated carbocycles. The van der Waals surface area contributed by atoms with Crippen LogP contribution < -0.4 is 15.6 Å². The van der Waals surface area contributed by atoms with Crippen molar-refractivity contribution in [1.29, 1.82) is 0 Å². The maximum atomic E-state index is 12.2. The summed E-state index contributed by atoms with van der Waals surface area (Å²) in [5.41, 5.74) is 5.77. The van der Waals surface area contributed by atoms with E-state index in [0.717, 1.165) is 10.7 Å². The third-order valence-corrected chi connectivity index (χ3v) is 4.62. The highest BCUT2D eigenvalue weighted by Crippen LogP contribution is 2.16. The first-order valence-electron chi connectivity index (χ1n) is 8.41. The largest absolute Gasteiger partial charge is 0.487 e. The van der Waals surface area contributed by atoms with Crippen LogP contribution in [-0.4, -0.2) is 21.7 Å². The number of thiazole rings is 1. The van der Waals surface area contributed by atoms with Crippen molar-refractivity contribution in [2.45, 2.75) is 13.5 Å². The number of carbonyl (C=O) groups excluding carboxylic acids is 2. The second kappa shape index (κ2) is 8.93. The van der Waals surface area contributed by atoms with Gasteiger partial charge in [0, 0.05) is 28.6 Å². The molecule has 148 valence electrons. The van der Waals surface area contributed by atoms with Crippen molar-refractivity contribution in [2.75, 3.05) is 0 Å². The maximum Gasteiger partial charge on any atom is 0.269 e. The summed E-state index contributed by atoms with van der Waals surface area (Å²) >= 11 is 1.55. The topological polar surface area (TPSA) is 123 Å². The van der Waals surface area contributed by atoms with Crippen LogP contribution in [-0.2, 0) is 6.61 Å². The molecule has 0 aliphatic rings. The van der Waals surface area contributed by atoms with E-state index in [0.29, 0.717) is 17.9 Å². The summed E-state index contributed by atoms with van der Waals surface area (Å²) in [6.45, 7) is 2.25. The highest BCUT2D eigenvalue weighted by atomic mass is 32.1. The summed E-state index contributed by atoms with van der Waals surface area (Å²) in [4.78, 5) is 38.5. The SMILES string of the molecule is Cc1nc(COc2ccc(C(=O)NNC(=O)c3ccc([N+](=O)[O-])cc3)cc2)cs1. The Balaban J connectivity index is 1.51. The van der Waals surface area contributed by atoms with Gasteiger partial charge in [0.2, 0.25) is 0 Å². The third kappa shape index (κ3) is 5.36. The van der Waals surface area contributed by atoms with Crippen LogP contribution in [0.2, 0.25) is 0 Å². The van der Waals surface area contributed by atoms with Gasteiger partial charge in [0.15, 0.2) is 0 Å². The van der Waals surface area contributed by atoms with E-state index in [9.17, 15) is 19.7 Å². The lowest BCUT2D eigenvalue weighted by atomic mass is 10.2. The van der Waals surface area contributed by atoms with Crippen LogP contribution in [0.3, 0.4) is 0 Å². The molecule has 2 aromatic carbocycles. The molecule has 0 saturated heterocycles. The molecule has 3 rings (SSSR count). The Kier molecular flexibility index (Phi) is 6.15. The zero-order valence-corrected chi connectivity index (χ0v) is 16.1. The van der Waals surface area contributed by atoms with Crippen LogP contribution in [0, 0.1) is 17.0 Å². The Morgan fingerprint density at radius 1 is 1.03 bits per heavy atom. The van der Waals surface area contributed by atoms with Crippen molar-refractivity contribution in [3.8, 4) is 5.75 Å². The molecule has 0 unspecified atom stereocenters. The van der Waals surface area contributed by atoms with Crippen molar-refractivity contribution >= 4 is 28.8 Å². The van der Waals surface area contributed by atoms with Gasteiger partial charge in [0.1, 0.15) is 12.4 Å². The average molecular weight is 412 g/mol. The predicted molar refractivity (Wildman–Crippen MR) is 106 cm³/mol. The number of benzene rings is 2. The number of nitrogens with zero attached hydrogens (tertiary/aromatic N) is 2. The van der Waals surface area contributed by atoms with Gasteiger partial charge in [-0.2, -0.15) is 0 Å². The normalized spacial score (nSPS) is 10.2. The summed E-state index contributed by atoms with van der Waals surface area (Å²) in [7, 11) is 0. The standard InChI is InChI=1S/C19H16N4O5S/c1-12-20-15(11-29-12)10-28-17-8-4-14(5-9-17)19(25)22-21-18(24)13-2-6-16(7-3-13)23(26)27/h2-9,11H,10H2,1H3,(H,21,24)(H,22,25). The van der Waals surface area contributed by atoms with Gasteiger partial charge in [-0.1, -0.05) is 0 Å². The van der Waals surface area contributed by atoms with Gasteiger partial charge >= 0.3 is 0 Å². The number of carbonyl (C=O) groups is 2. The molecule has 0 fully saturated rings. The molecule has 0 spiro atoms. The first-order chi connectivity index (χ1) is 13.9. The van der Waals surface area contributed by atoms with Crippen molar-refractivity contribution in [3.63, 3.8) is 0 Å². The smallest absolute Gasteiger partial charge is 0.269 e. The fourth-order valence-electron chi connectivity index (χ4n) is 2.33. The number of hydrogen-bond acceptors (Lipinski definition) is 7. The first kappa shape index (κ1) is 20.0. The van der Waals surface area contributed by atoms with E-state index in [-0.39, 0.29) is 11.3 Å². The fraction of sp³-hybridized carbons (Fsp3) is 0.105. The van der Waals surface area contributed by atoms with E-state index in [1.165, 1.54) is 24.3 Å². The number of nitro groups is 1. The van der Waals surface area contributed by atoms with Gasteiger partial charge in [0.25, 0.3) is 17.5 Å². The minimum Gasteiger partial charge on any atom is -0.487 e. The molecule has 0 aliphatic heterocycles. The Morgan fingerprint density at radius 3 is 2.07 bits per heavy atom. The minimum absolute atomic E-state index is 0.127. The van der Waals surface area contributed by atoms with E-state index in [1.807, 2.05) is 12.3 Å². The number of non-ortho nitro benzene ring substituents is 1. The second-order valence-corrected chi connectivity index (χ2v) is 6.95. The van der Waals surface area contributed by atoms with E-state index in [1.54, 1.807) is 35.6 Å². The van der Waals surface area contributed by atoms with Crippen molar-refractivity contribution in [2.24, 2.45) is 0 Å². The predicted octanol–water partition coefficient (Wildman–Crippen LogP) is 3.01. The van der Waals surface area contributed by atoms with Gasteiger partial charge in [-0.05, 0) is 43.3 Å². The van der Waals surface area contributed by atoms with E-state index in [4.69, 9.17) is 4.74 Å². The zero-order chi connectivity index (χ0) is 20.8. The number of aryl methyl sites for hydroxylation is 1. The highest BCUT2D eigenvalue weighted by molar-refractivity contribution is 7.09. The summed E-state index contributed by atoms with van der Waals surface area (Å²) in [5, 5.41) is 13.5. The molecule has 2 amide bonds. The molecular formula is C19H16N4O5S. The number of aromatic nitrogens is 1. The summed E-state index contributed by atoms with van der Waals surface area (Å²) in [5.74, 6) is -0.518. The Morgan fingerprint density at radius 2 is 1.59 bits per heavy atom. The summed E-state index contributed by atoms with van der Waals surface area (Å²) in [6, 6.07) is 11.4. The van der Waals surface area contributed by atoms with Crippen LogP contribution in [0.1, 0.15) is 31.4 Å². The van der Waals surface area contributed by atoms with Crippen molar-refractivity contribution in [3.05, 3.63) is 85.9 Å². The van der Waals surface area contributed by atoms with Crippen LogP contribution in [0.4, 0.5) is 5.69 Å². The Labute approximate surface area is 169 Å². The highest BCUT2D eigenvalue weighted by Gasteiger charge is 2.11. The van der Waals surface area contributed by atoms with Crippen LogP contribution >= 0.6 is 11.3 Å². The number of rotatable bonds is 6. The number of hydrazine groups is 1. The zero-order valence-electron chi connectivity index (χ0n) is 15.2. The number of hydrogen-bond donors (Lipinski definition) is 2. The minimum atomic E-state index is -0.591. The van der Waals surface area contributed by atoms with Gasteiger partial charge in [-0.25, -0.2) is 4.98 Å². The van der Waals surface area contributed by atoms with Gasteiger partial charge in [-0.15, -0.1) is 11.3 Å². The molecule has 10 heteroatoms. The molecule has 0 radical (unpaired) electrons. The lowest BCUT2D eigenvalue weighted by molar-refractivity contribution is -0.384. The summed E-state index contributed by atoms with van der Waals surface area (Å²) in [6.07, 6.45) is 0. The molecule has 3 aromatic rings.